The minimum Gasteiger partial charge on any atom is -0.466 e. The van der Waals surface area contributed by atoms with E-state index in [0.717, 1.165) is 12.2 Å². The highest BCUT2D eigenvalue weighted by Crippen LogP contribution is 1.97. The Bertz CT molecular complexity index is 501. The molecule has 0 saturated carbocycles. The molecule has 124 valence electrons. The van der Waals surface area contributed by atoms with Crippen LogP contribution in [0.25, 0.3) is 6.08 Å². The van der Waals surface area contributed by atoms with Gasteiger partial charge in [-0.2, -0.15) is 0 Å². The molecule has 0 bridgehead atoms. The van der Waals surface area contributed by atoms with Crippen molar-refractivity contribution in [3.8, 4) is 0 Å². The van der Waals surface area contributed by atoms with Crippen molar-refractivity contribution >= 4 is 18.0 Å². The fourth-order valence-electron chi connectivity index (χ4n) is 0.958. The molecule has 0 heterocycles. The van der Waals surface area contributed by atoms with Crippen LogP contribution in [0.2, 0.25) is 0 Å². The molecule has 0 N–H and O–H groups in total. The molecule has 0 unspecified atom stereocenters. The summed E-state index contributed by atoms with van der Waals surface area (Å²) >= 11 is 0. The molecule has 0 fully saturated rings. The van der Waals surface area contributed by atoms with Gasteiger partial charge in [0.15, 0.2) is 0 Å². The van der Waals surface area contributed by atoms with Gasteiger partial charge in [0.1, 0.15) is 6.61 Å². The number of carbonyl (C=O) groups excluding carboxylic acids is 2. The van der Waals surface area contributed by atoms with Gasteiger partial charge in [0.2, 0.25) is 0 Å². The van der Waals surface area contributed by atoms with Gasteiger partial charge in [-0.3, -0.25) is 0 Å². The summed E-state index contributed by atoms with van der Waals surface area (Å²) in [5.74, 6) is -0.775. The molecule has 4 heteroatoms. The third-order valence-electron chi connectivity index (χ3n) is 2.13. The summed E-state index contributed by atoms with van der Waals surface area (Å²) in [6.45, 7) is 12.2. The maximum Gasteiger partial charge on any atom is 0.330 e. The van der Waals surface area contributed by atoms with Gasteiger partial charge in [0.05, 0.1) is 7.11 Å². The number of esters is 2. The van der Waals surface area contributed by atoms with Crippen LogP contribution in [0.4, 0.5) is 0 Å². The lowest BCUT2D eigenvalue weighted by Crippen LogP contribution is -1.98. The zero-order chi connectivity index (χ0) is 17.9. The zero-order valence-electron chi connectivity index (χ0n) is 13.7. The van der Waals surface area contributed by atoms with Crippen molar-refractivity contribution in [1.82, 2.24) is 0 Å². The summed E-state index contributed by atoms with van der Waals surface area (Å²) in [5, 5.41) is 0. The third-order valence-corrected chi connectivity index (χ3v) is 2.13. The molecule has 0 radical (unpaired) electrons. The van der Waals surface area contributed by atoms with Crippen molar-refractivity contribution in [3.05, 3.63) is 79.9 Å². The highest BCUT2D eigenvalue weighted by Gasteiger charge is 1.88. The Hall–Kier alpha value is -2.88. The number of benzene rings is 1. The summed E-state index contributed by atoms with van der Waals surface area (Å²) in [5.41, 5.74) is 1.17. The molecule has 1 rings (SSSR count). The Balaban J connectivity index is 0. The molecule has 23 heavy (non-hydrogen) atoms. The van der Waals surface area contributed by atoms with Gasteiger partial charge in [0.25, 0.3) is 0 Å². The van der Waals surface area contributed by atoms with Gasteiger partial charge >= 0.3 is 11.9 Å². The summed E-state index contributed by atoms with van der Waals surface area (Å²) in [6.07, 6.45) is 7.65. The number of allylic oxidation sites excluding steroid dienone is 1. The zero-order valence-corrected chi connectivity index (χ0v) is 13.7. The van der Waals surface area contributed by atoms with E-state index in [4.69, 9.17) is 0 Å². The van der Waals surface area contributed by atoms with Crippen LogP contribution in [-0.4, -0.2) is 25.7 Å². The van der Waals surface area contributed by atoms with Crippen LogP contribution < -0.4 is 0 Å². The van der Waals surface area contributed by atoms with E-state index in [1.54, 1.807) is 6.08 Å². The molecular weight excluding hydrogens is 292 g/mol. The van der Waals surface area contributed by atoms with Crippen LogP contribution in [-0.2, 0) is 19.1 Å². The molecule has 0 aliphatic carbocycles. The fourth-order valence-corrected chi connectivity index (χ4v) is 0.958. The number of carbonyl (C=O) groups is 2. The highest BCUT2D eigenvalue weighted by atomic mass is 16.5. The van der Waals surface area contributed by atoms with Crippen LogP contribution in [0, 0.1) is 0 Å². The van der Waals surface area contributed by atoms with E-state index in [1.165, 1.54) is 12.7 Å². The number of rotatable bonds is 5. The molecule has 0 spiro atoms. The van der Waals surface area contributed by atoms with E-state index in [2.05, 4.69) is 29.2 Å². The predicted octanol–water partition coefficient (Wildman–Crippen LogP) is 3.97. The highest BCUT2D eigenvalue weighted by molar-refractivity contribution is 5.81. The van der Waals surface area contributed by atoms with Crippen LogP contribution in [0.15, 0.2) is 74.4 Å². The second-order valence-electron chi connectivity index (χ2n) is 3.75. The first-order chi connectivity index (χ1) is 11.0. The molecule has 0 aliphatic heterocycles. The summed E-state index contributed by atoms with van der Waals surface area (Å²) in [4.78, 5) is 20.2. The molecule has 0 amide bonds. The molecule has 0 aliphatic rings. The first-order valence-electron chi connectivity index (χ1n) is 6.83. The molecular formula is C19H24O4. The maximum absolute atomic E-state index is 10.3. The smallest absolute Gasteiger partial charge is 0.330 e. The summed E-state index contributed by atoms with van der Waals surface area (Å²) in [7, 11) is 1.31. The standard InChI is InChI=1S/C8H8.C7H10O2.C4H6O2/c1-2-8-6-4-3-5-7-8;1-3-5-6-9-7(8)4-2;1-3-4(5)6-2/h2-7H,1H2;3-5H,2,6H2,1H3;3H,1H2,2H3. The third kappa shape index (κ3) is 17.1. The molecule has 4 nitrogen and oxygen atoms in total. The maximum atomic E-state index is 10.3. The minimum atomic E-state index is -0.394. The first kappa shape index (κ1) is 22.4. The van der Waals surface area contributed by atoms with Gasteiger partial charge in [-0.1, -0.05) is 68.3 Å². The van der Waals surface area contributed by atoms with E-state index >= 15 is 0 Å². The second-order valence-corrected chi connectivity index (χ2v) is 3.75. The predicted molar refractivity (Wildman–Crippen MR) is 94.7 cm³/mol. The van der Waals surface area contributed by atoms with Crippen molar-refractivity contribution in [1.29, 1.82) is 0 Å². The van der Waals surface area contributed by atoms with E-state index in [-0.39, 0.29) is 5.97 Å². The Morgan fingerprint density at radius 1 is 1.04 bits per heavy atom. The van der Waals surface area contributed by atoms with Crippen molar-refractivity contribution in [2.75, 3.05) is 13.7 Å². The first-order valence-corrected chi connectivity index (χ1v) is 6.83. The number of hydrogen-bond acceptors (Lipinski definition) is 4. The van der Waals surface area contributed by atoms with E-state index in [9.17, 15) is 9.59 Å². The van der Waals surface area contributed by atoms with Gasteiger partial charge in [0, 0.05) is 12.2 Å². The van der Waals surface area contributed by atoms with Crippen molar-refractivity contribution in [2.24, 2.45) is 0 Å². The fraction of sp³-hybridized carbons (Fsp3) is 0.158. The molecule has 0 atom stereocenters. The Morgan fingerprint density at radius 3 is 1.91 bits per heavy atom. The SMILES string of the molecule is C=CC(=O)OC.C=CC(=O)OCC=CC.C=Cc1ccccc1. The summed E-state index contributed by atoms with van der Waals surface area (Å²) < 4.78 is 8.73. The van der Waals surface area contributed by atoms with Gasteiger partial charge < -0.3 is 9.47 Å². The Morgan fingerprint density at radius 2 is 1.61 bits per heavy atom. The quantitative estimate of drug-likeness (QED) is 0.468. The largest absolute Gasteiger partial charge is 0.466 e. The van der Waals surface area contributed by atoms with Crippen LogP contribution in [0.1, 0.15) is 12.5 Å². The van der Waals surface area contributed by atoms with E-state index in [1.807, 2.05) is 49.4 Å². The van der Waals surface area contributed by atoms with Gasteiger partial charge in [-0.25, -0.2) is 9.59 Å². The lowest BCUT2D eigenvalue weighted by molar-refractivity contribution is -0.136. The minimum absolute atomic E-state index is 0.335. The van der Waals surface area contributed by atoms with Crippen molar-refractivity contribution in [2.45, 2.75) is 6.92 Å². The Labute approximate surface area is 138 Å². The van der Waals surface area contributed by atoms with Crippen molar-refractivity contribution < 1.29 is 19.1 Å². The lowest BCUT2D eigenvalue weighted by atomic mass is 10.2. The Kier molecular flexibility index (Phi) is 16.7. The monoisotopic (exact) mass is 316 g/mol. The van der Waals surface area contributed by atoms with Crippen LogP contribution in [0.3, 0.4) is 0 Å². The molecule has 0 saturated heterocycles. The van der Waals surface area contributed by atoms with Crippen molar-refractivity contribution in [3.63, 3.8) is 0 Å². The lowest BCUT2D eigenvalue weighted by Gasteiger charge is -1.93. The van der Waals surface area contributed by atoms with Gasteiger partial charge in [-0.15, -0.1) is 0 Å². The number of ether oxygens (including phenoxy) is 2. The van der Waals surface area contributed by atoms with Crippen LogP contribution in [0.5, 0.6) is 0 Å². The normalized spacial score (nSPS) is 8.43. The topological polar surface area (TPSA) is 52.6 Å². The van der Waals surface area contributed by atoms with Crippen LogP contribution >= 0.6 is 0 Å². The second kappa shape index (κ2) is 17.2. The van der Waals surface area contributed by atoms with Gasteiger partial charge in [-0.05, 0) is 12.5 Å². The number of methoxy groups -OCH3 is 1. The van der Waals surface area contributed by atoms with E-state index in [0.29, 0.717) is 6.61 Å². The molecule has 1 aromatic rings. The van der Waals surface area contributed by atoms with E-state index < -0.39 is 5.97 Å². The molecule has 1 aromatic carbocycles. The molecule has 0 aromatic heterocycles. The average Bonchev–Trinajstić information content (AvgIpc) is 2.62. The number of hydrogen-bond donors (Lipinski definition) is 0. The summed E-state index contributed by atoms with van der Waals surface area (Å²) in [6, 6.07) is 10.0. The average molecular weight is 316 g/mol.